The highest BCUT2D eigenvalue weighted by atomic mass is 19.4. The molecule has 0 unspecified atom stereocenters. The molecule has 0 spiro atoms. The van der Waals surface area contributed by atoms with Crippen LogP contribution in [-0.2, 0) is 6.18 Å². The Morgan fingerprint density at radius 3 is 2.27 bits per heavy atom. The van der Waals surface area contributed by atoms with Crippen LogP contribution in [0.2, 0.25) is 0 Å². The summed E-state index contributed by atoms with van der Waals surface area (Å²) in [5, 5.41) is 0. The lowest BCUT2D eigenvalue weighted by atomic mass is 10.1. The second-order valence-electron chi connectivity index (χ2n) is 4.61. The Balaban J connectivity index is 2.31. The lowest BCUT2D eigenvalue weighted by Gasteiger charge is -2.07. The zero-order valence-electron chi connectivity index (χ0n) is 11.7. The van der Waals surface area contributed by atoms with Gasteiger partial charge >= 0.3 is 6.18 Å². The molecule has 0 atom stereocenters. The van der Waals surface area contributed by atoms with Crippen molar-refractivity contribution in [3.63, 3.8) is 0 Å². The molecule has 114 valence electrons. The van der Waals surface area contributed by atoms with E-state index in [0.29, 0.717) is 28.7 Å². The monoisotopic (exact) mass is 306 g/mol. The molecule has 0 aliphatic carbocycles. The Kier molecular flexibility index (Phi) is 4.65. The number of alkyl halides is 3. The Bertz CT molecular complexity index is 703. The molecule has 0 heterocycles. The molecule has 2 aromatic rings. The van der Waals surface area contributed by atoms with Gasteiger partial charge in [-0.25, -0.2) is 0 Å². The molecule has 2 nitrogen and oxygen atoms in total. The van der Waals surface area contributed by atoms with Crippen molar-refractivity contribution >= 4 is 18.4 Å². The molecule has 0 aromatic heterocycles. The SMILES string of the molecule is COc1cc(C=O)cc(/C=C/c2cccc(C(F)(F)F)c2)c1. The molecule has 0 saturated heterocycles. The molecule has 0 amide bonds. The zero-order valence-corrected chi connectivity index (χ0v) is 11.7. The molecule has 5 heteroatoms. The number of hydrogen-bond acceptors (Lipinski definition) is 2. The Morgan fingerprint density at radius 1 is 0.955 bits per heavy atom. The molecule has 0 aliphatic heterocycles. The van der Waals surface area contributed by atoms with E-state index < -0.39 is 11.7 Å². The van der Waals surface area contributed by atoms with Crippen molar-refractivity contribution in [3.8, 4) is 5.75 Å². The number of methoxy groups -OCH3 is 1. The van der Waals surface area contributed by atoms with E-state index in [2.05, 4.69) is 0 Å². The van der Waals surface area contributed by atoms with Gasteiger partial charge < -0.3 is 4.74 Å². The van der Waals surface area contributed by atoms with Gasteiger partial charge in [-0.05, 0) is 41.5 Å². The largest absolute Gasteiger partial charge is 0.497 e. The van der Waals surface area contributed by atoms with Gasteiger partial charge in [0.25, 0.3) is 0 Å². The van der Waals surface area contributed by atoms with Crippen molar-refractivity contribution < 1.29 is 22.7 Å². The number of hydrogen-bond donors (Lipinski definition) is 0. The van der Waals surface area contributed by atoms with Crippen molar-refractivity contribution in [2.24, 2.45) is 0 Å². The third-order valence-electron chi connectivity index (χ3n) is 3.01. The third kappa shape index (κ3) is 3.97. The first-order chi connectivity index (χ1) is 10.4. The lowest BCUT2D eigenvalue weighted by Crippen LogP contribution is -2.04. The van der Waals surface area contributed by atoms with Crippen molar-refractivity contribution in [2.45, 2.75) is 6.18 Å². The summed E-state index contributed by atoms with van der Waals surface area (Å²) in [6.07, 6.45) is -0.502. The minimum Gasteiger partial charge on any atom is -0.497 e. The highest BCUT2D eigenvalue weighted by Gasteiger charge is 2.30. The first-order valence-corrected chi connectivity index (χ1v) is 6.42. The Hall–Kier alpha value is -2.56. The van der Waals surface area contributed by atoms with Crippen LogP contribution >= 0.6 is 0 Å². The molecular weight excluding hydrogens is 293 g/mol. The van der Waals surface area contributed by atoms with E-state index in [1.54, 1.807) is 36.4 Å². The molecule has 0 aliphatic rings. The average Bonchev–Trinajstić information content (AvgIpc) is 2.52. The maximum Gasteiger partial charge on any atom is 0.416 e. The summed E-state index contributed by atoms with van der Waals surface area (Å²) in [5.74, 6) is 0.508. The van der Waals surface area contributed by atoms with Crippen LogP contribution in [0.5, 0.6) is 5.75 Å². The van der Waals surface area contributed by atoms with E-state index in [-0.39, 0.29) is 0 Å². The van der Waals surface area contributed by atoms with E-state index in [4.69, 9.17) is 4.74 Å². The van der Waals surface area contributed by atoms with E-state index in [0.717, 1.165) is 12.1 Å². The number of carbonyl (C=O) groups excluding carboxylic acids is 1. The van der Waals surface area contributed by atoms with Crippen LogP contribution < -0.4 is 4.74 Å². The Morgan fingerprint density at radius 2 is 1.64 bits per heavy atom. The van der Waals surface area contributed by atoms with E-state index in [1.165, 1.54) is 13.2 Å². The van der Waals surface area contributed by atoms with Gasteiger partial charge in [0, 0.05) is 5.56 Å². The normalized spacial score (nSPS) is 11.6. The van der Waals surface area contributed by atoms with Gasteiger partial charge in [-0.15, -0.1) is 0 Å². The fourth-order valence-corrected chi connectivity index (χ4v) is 1.94. The van der Waals surface area contributed by atoms with Gasteiger partial charge in [0.05, 0.1) is 12.7 Å². The van der Waals surface area contributed by atoms with Gasteiger partial charge in [-0.1, -0.05) is 24.3 Å². The minimum absolute atomic E-state index is 0.422. The topological polar surface area (TPSA) is 26.3 Å². The maximum atomic E-state index is 12.6. The smallest absolute Gasteiger partial charge is 0.416 e. The van der Waals surface area contributed by atoms with Gasteiger partial charge in [0.15, 0.2) is 0 Å². The van der Waals surface area contributed by atoms with Gasteiger partial charge in [-0.2, -0.15) is 13.2 Å². The first-order valence-electron chi connectivity index (χ1n) is 6.42. The first kappa shape index (κ1) is 15.8. The molecule has 0 bridgehead atoms. The number of aldehydes is 1. The number of benzene rings is 2. The summed E-state index contributed by atoms with van der Waals surface area (Å²) in [6, 6.07) is 9.91. The highest BCUT2D eigenvalue weighted by Crippen LogP contribution is 2.30. The molecule has 2 aromatic carbocycles. The second-order valence-corrected chi connectivity index (χ2v) is 4.61. The molecule has 2 rings (SSSR count). The summed E-state index contributed by atoms with van der Waals surface area (Å²) in [7, 11) is 1.48. The van der Waals surface area contributed by atoms with Crippen LogP contribution in [0.15, 0.2) is 42.5 Å². The molecule has 0 saturated carbocycles. The molecule has 0 radical (unpaired) electrons. The van der Waals surface area contributed by atoms with Crippen LogP contribution in [0.4, 0.5) is 13.2 Å². The molecule has 22 heavy (non-hydrogen) atoms. The predicted molar refractivity (Wildman–Crippen MR) is 78.8 cm³/mol. The quantitative estimate of drug-likeness (QED) is 0.604. The van der Waals surface area contributed by atoms with Gasteiger partial charge in [-0.3, -0.25) is 4.79 Å². The van der Waals surface area contributed by atoms with Crippen LogP contribution in [0.25, 0.3) is 12.2 Å². The van der Waals surface area contributed by atoms with Crippen molar-refractivity contribution in [1.29, 1.82) is 0 Å². The third-order valence-corrected chi connectivity index (χ3v) is 3.01. The fourth-order valence-electron chi connectivity index (χ4n) is 1.94. The van der Waals surface area contributed by atoms with Gasteiger partial charge in [0.1, 0.15) is 12.0 Å². The number of carbonyl (C=O) groups is 1. The van der Waals surface area contributed by atoms with E-state index in [9.17, 15) is 18.0 Å². The summed E-state index contributed by atoms with van der Waals surface area (Å²) in [5.41, 5.74) is 0.820. The number of ether oxygens (including phenoxy) is 1. The minimum atomic E-state index is -4.37. The van der Waals surface area contributed by atoms with Crippen LogP contribution in [0, 0.1) is 0 Å². The van der Waals surface area contributed by atoms with E-state index in [1.807, 2.05) is 0 Å². The Labute approximate surface area is 125 Å². The summed E-state index contributed by atoms with van der Waals surface area (Å²) < 4.78 is 43.0. The standard InChI is InChI=1S/C17H13F3O2/c1-22-16-9-13(7-14(10-16)11-21)6-5-12-3-2-4-15(8-12)17(18,19)20/h2-11H,1H3/b6-5+. The van der Waals surface area contributed by atoms with Crippen LogP contribution in [0.3, 0.4) is 0 Å². The summed E-state index contributed by atoms with van der Waals surface area (Å²) >= 11 is 0. The molecular formula is C17H13F3O2. The molecule has 0 N–H and O–H groups in total. The summed E-state index contributed by atoms with van der Waals surface area (Å²) in [6.45, 7) is 0. The number of rotatable bonds is 4. The highest BCUT2D eigenvalue weighted by molar-refractivity contribution is 5.79. The van der Waals surface area contributed by atoms with Crippen molar-refractivity contribution in [3.05, 3.63) is 64.7 Å². The van der Waals surface area contributed by atoms with Crippen molar-refractivity contribution in [1.82, 2.24) is 0 Å². The maximum absolute atomic E-state index is 12.6. The van der Waals surface area contributed by atoms with Gasteiger partial charge in [0.2, 0.25) is 0 Å². The lowest BCUT2D eigenvalue weighted by molar-refractivity contribution is -0.137. The average molecular weight is 306 g/mol. The zero-order chi connectivity index (χ0) is 16.2. The fraction of sp³-hybridized carbons (Fsp3) is 0.118. The van der Waals surface area contributed by atoms with Crippen molar-refractivity contribution in [2.75, 3.05) is 7.11 Å². The second kappa shape index (κ2) is 6.47. The predicted octanol–water partition coefficient (Wildman–Crippen LogP) is 4.70. The number of halogens is 3. The van der Waals surface area contributed by atoms with Crippen LogP contribution in [-0.4, -0.2) is 13.4 Å². The molecule has 0 fully saturated rings. The van der Waals surface area contributed by atoms with Crippen LogP contribution in [0.1, 0.15) is 27.0 Å². The van der Waals surface area contributed by atoms with E-state index >= 15 is 0 Å². The summed E-state index contributed by atoms with van der Waals surface area (Å²) in [4.78, 5) is 10.9.